The summed E-state index contributed by atoms with van der Waals surface area (Å²) in [6.45, 7) is 0.838. The summed E-state index contributed by atoms with van der Waals surface area (Å²) in [4.78, 5) is 4.23. The van der Waals surface area contributed by atoms with Crippen LogP contribution in [0.3, 0.4) is 0 Å². The molecule has 0 saturated heterocycles. The summed E-state index contributed by atoms with van der Waals surface area (Å²) in [5.74, 6) is 0.746. The van der Waals surface area contributed by atoms with Crippen LogP contribution in [0, 0.1) is 5.92 Å². The molecule has 3 nitrogen and oxygen atoms in total. The van der Waals surface area contributed by atoms with E-state index in [4.69, 9.17) is 5.73 Å². The van der Waals surface area contributed by atoms with Crippen LogP contribution in [0.15, 0.2) is 9.98 Å². The van der Waals surface area contributed by atoms with Gasteiger partial charge in [0.25, 0.3) is 0 Å². The predicted octanol–water partition coefficient (Wildman–Crippen LogP) is 2.05. The number of thiazole rings is 1. The number of nitrogens with one attached hydrogen (secondary N) is 1. The number of anilines is 1. The Bertz CT molecular complexity index is 285. The zero-order chi connectivity index (χ0) is 9.26. The third-order valence-corrected chi connectivity index (χ3v) is 3.70. The van der Waals surface area contributed by atoms with Crippen molar-refractivity contribution in [1.82, 2.24) is 4.98 Å². The molecule has 3 N–H and O–H groups in total. The van der Waals surface area contributed by atoms with E-state index in [0.717, 1.165) is 22.2 Å². The number of nitrogens with zero attached hydrogens (tertiary/aromatic N) is 1. The fourth-order valence-electron chi connectivity index (χ4n) is 1.23. The molecule has 0 aliphatic heterocycles. The fraction of sp³-hybridized carbons (Fsp3) is 0.625. The first-order chi connectivity index (χ1) is 6.25. The van der Waals surface area contributed by atoms with Crippen molar-refractivity contribution in [3.63, 3.8) is 0 Å². The molecule has 0 spiro atoms. The summed E-state index contributed by atoms with van der Waals surface area (Å²) in [6.07, 6.45) is 2.59. The van der Waals surface area contributed by atoms with Crippen molar-refractivity contribution < 1.29 is 0 Å². The molecule has 2 rings (SSSR count). The molecule has 1 atom stereocenters. The van der Waals surface area contributed by atoms with Crippen molar-refractivity contribution in [2.75, 3.05) is 11.9 Å². The lowest BCUT2D eigenvalue weighted by Crippen LogP contribution is -2.30. The molecule has 0 radical (unpaired) electrons. The molecular formula is C8H12BrN3S. The van der Waals surface area contributed by atoms with Crippen molar-refractivity contribution in [2.45, 2.75) is 18.9 Å². The van der Waals surface area contributed by atoms with Crippen LogP contribution in [-0.4, -0.2) is 17.6 Å². The van der Waals surface area contributed by atoms with Gasteiger partial charge in [0.1, 0.15) is 4.60 Å². The highest BCUT2D eigenvalue weighted by Gasteiger charge is 2.28. The molecule has 1 unspecified atom stereocenters. The maximum atomic E-state index is 5.94. The second-order valence-corrected chi connectivity index (χ2v) is 5.03. The molecule has 0 amide bonds. The molecule has 1 fully saturated rings. The predicted molar refractivity (Wildman–Crippen MR) is 59.0 cm³/mol. The second-order valence-electron chi connectivity index (χ2n) is 3.36. The highest BCUT2D eigenvalue weighted by Crippen LogP contribution is 2.31. The lowest BCUT2D eigenvalue weighted by Gasteiger charge is -2.09. The van der Waals surface area contributed by atoms with E-state index < -0.39 is 0 Å². The lowest BCUT2D eigenvalue weighted by molar-refractivity contribution is 0.620. The lowest BCUT2D eigenvalue weighted by atomic mass is 10.2. The molecule has 1 aliphatic rings. The monoisotopic (exact) mass is 261 g/mol. The summed E-state index contributed by atoms with van der Waals surface area (Å²) >= 11 is 4.91. The van der Waals surface area contributed by atoms with Crippen LogP contribution in [0.2, 0.25) is 0 Å². The summed E-state index contributed by atoms with van der Waals surface area (Å²) in [7, 11) is 0. The molecule has 1 aliphatic carbocycles. The Hall–Kier alpha value is -0.130. The van der Waals surface area contributed by atoms with Crippen molar-refractivity contribution in [1.29, 1.82) is 0 Å². The minimum atomic E-state index is 0.294. The van der Waals surface area contributed by atoms with Gasteiger partial charge in [-0.15, -0.1) is 11.3 Å². The molecule has 5 heteroatoms. The third-order valence-electron chi connectivity index (χ3n) is 2.19. The Morgan fingerprint density at radius 3 is 3.08 bits per heavy atom. The van der Waals surface area contributed by atoms with Crippen LogP contribution < -0.4 is 11.1 Å². The van der Waals surface area contributed by atoms with Gasteiger partial charge in [0.2, 0.25) is 0 Å². The third kappa shape index (κ3) is 2.65. The average Bonchev–Trinajstić information content (AvgIpc) is 2.87. The number of nitrogens with two attached hydrogens (primary N) is 1. The quantitative estimate of drug-likeness (QED) is 0.873. The maximum absolute atomic E-state index is 5.94. The largest absolute Gasteiger partial charge is 0.360 e. The van der Waals surface area contributed by atoms with Gasteiger partial charge in [-0.2, -0.15) is 0 Å². The minimum Gasteiger partial charge on any atom is -0.360 e. The fourth-order valence-corrected chi connectivity index (χ4v) is 2.39. The molecule has 0 aromatic carbocycles. The van der Waals surface area contributed by atoms with E-state index in [-0.39, 0.29) is 0 Å². The van der Waals surface area contributed by atoms with Crippen LogP contribution in [-0.2, 0) is 0 Å². The zero-order valence-corrected chi connectivity index (χ0v) is 9.57. The van der Waals surface area contributed by atoms with Gasteiger partial charge < -0.3 is 11.1 Å². The van der Waals surface area contributed by atoms with Gasteiger partial charge in [-0.1, -0.05) is 0 Å². The van der Waals surface area contributed by atoms with E-state index in [1.165, 1.54) is 12.8 Å². The Morgan fingerprint density at radius 1 is 1.77 bits per heavy atom. The van der Waals surface area contributed by atoms with Gasteiger partial charge in [-0.25, -0.2) is 4.98 Å². The van der Waals surface area contributed by atoms with Gasteiger partial charge >= 0.3 is 0 Å². The van der Waals surface area contributed by atoms with Gasteiger partial charge in [-0.05, 0) is 34.7 Å². The van der Waals surface area contributed by atoms with Gasteiger partial charge in [0.05, 0.1) is 0 Å². The van der Waals surface area contributed by atoms with Crippen LogP contribution in [0.4, 0.5) is 5.13 Å². The molecular weight excluding hydrogens is 250 g/mol. The van der Waals surface area contributed by atoms with Crippen molar-refractivity contribution in [3.05, 3.63) is 9.98 Å². The average molecular weight is 262 g/mol. The van der Waals surface area contributed by atoms with Crippen molar-refractivity contribution in [2.24, 2.45) is 11.7 Å². The van der Waals surface area contributed by atoms with Gasteiger partial charge in [0, 0.05) is 18.0 Å². The van der Waals surface area contributed by atoms with Crippen molar-refractivity contribution >= 4 is 32.4 Å². The van der Waals surface area contributed by atoms with Crippen LogP contribution in [0.1, 0.15) is 12.8 Å². The van der Waals surface area contributed by atoms with Gasteiger partial charge in [0.15, 0.2) is 5.13 Å². The molecule has 72 valence electrons. The summed E-state index contributed by atoms with van der Waals surface area (Å²) < 4.78 is 0.889. The first kappa shape index (κ1) is 9.43. The first-order valence-corrected chi connectivity index (χ1v) is 6.03. The topological polar surface area (TPSA) is 50.9 Å². The number of hydrogen-bond donors (Lipinski definition) is 2. The standard InChI is InChI=1S/C8H12BrN3S/c9-7-4-13-8(12-7)11-3-6(10)5-1-2-5/h4-6H,1-3,10H2,(H,11,12). The molecule has 1 aromatic rings. The van der Waals surface area contributed by atoms with Crippen LogP contribution >= 0.6 is 27.3 Å². The highest BCUT2D eigenvalue weighted by molar-refractivity contribution is 9.10. The van der Waals surface area contributed by atoms with Gasteiger partial charge in [-0.3, -0.25) is 0 Å². The van der Waals surface area contributed by atoms with E-state index in [9.17, 15) is 0 Å². The molecule has 13 heavy (non-hydrogen) atoms. The SMILES string of the molecule is NC(CNc1nc(Br)cs1)C1CC1. The zero-order valence-electron chi connectivity index (χ0n) is 7.16. The number of hydrogen-bond acceptors (Lipinski definition) is 4. The maximum Gasteiger partial charge on any atom is 0.183 e. The Kier molecular flexibility index (Phi) is 2.86. The second kappa shape index (κ2) is 3.94. The number of aromatic nitrogens is 1. The Labute approximate surface area is 89.9 Å². The molecule has 1 aromatic heterocycles. The Balaban J connectivity index is 1.78. The summed E-state index contributed by atoms with van der Waals surface area (Å²) in [6, 6.07) is 0.294. The van der Waals surface area contributed by atoms with Crippen LogP contribution in [0.25, 0.3) is 0 Å². The minimum absolute atomic E-state index is 0.294. The molecule has 0 bridgehead atoms. The van der Waals surface area contributed by atoms with E-state index >= 15 is 0 Å². The number of rotatable bonds is 4. The highest BCUT2D eigenvalue weighted by atomic mass is 79.9. The normalized spacial score (nSPS) is 18.6. The van der Waals surface area contributed by atoms with Crippen LogP contribution in [0.5, 0.6) is 0 Å². The molecule has 1 heterocycles. The summed E-state index contributed by atoms with van der Waals surface area (Å²) in [5, 5.41) is 6.15. The summed E-state index contributed by atoms with van der Waals surface area (Å²) in [5.41, 5.74) is 5.94. The van der Waals surface area contributed by atoms with E-state index in [0.29, 0.717) is 6.04 Å². The van der Waals surface area contributed by atoms with Crippen molar-refractivity contribution in [3.8, 4) is 0 Å². The number of halogens is 1. The smallest absolute Gasteiger partial charge is 0.183 e. The first-order valence-electron chi connectivity index (χ1n) is 4.36. The Morgan fingerprint density at radius 2 is 2.54 bits per heavy atom. The van der Waals surface area contributed by atoms with E-state index in [2.05, 4.69) is 26.2 Å². The molecule has 1 saturated carbocycles. The van der Waals surface area contributed by atoms with E-state index in [1.54, 1.807) is 11.3 Å². The van der Waals surface area contributed by atoms with E-state index in [1.807, 2.05) is 5.38 Å².